The van der Waals surface area contributed by atoms with Gasteiger partial charge in [-0.15, -0.1) is 11.3 Å². The number of nitrogens with zero attached hydrogens (tertiary/aromatic N) is 2. The normalized spacial score (nSPS) is 16.4. The van der Waals surface area contributed by atoms with Gasteiger partial charge in [-0.25, -0.2) is 4.98 Å². The van der Waals surface area contributed by atoms with Crippen molar-refractivity contribution in [3.8, 4) is 0 Å². The monoisotopic (exact) mass is 297 g/mol. The highest BCUT2D eigenvalue weighted by molar-refractivity contribution is 7.09. The number of carboxylic acid groups (broad SMARTS) is 1. The highest BCUT2D eigenvalue weighted by Gasteiger charge is 2.26. The zero-order chi connectivity index (χ0) is 14.5. The van der Waals surface area contributed by atoms with Gasteiger partial charge in [-0.2, -0.15) is 0 Å². The van der Waals surface area contributed by atoms with Gasteiger partial charge in [0.15, 0.2) is 0 Å². The largest absolute Gasteiger partial charge is 0.481 e. The van der Waals surface area contributed by atoms with E-state index in [-0.39, 0.29) is 18.4 Å². The number of aliphatic carboxylic acids is 1. The maximum absolute atomic E-state index is 12.0. The van der Waals surface area contributed by atoms with E-state index in [9.17, 15) is 9.59 Å². The van der Waals surface area contributed by atoms with Crippen molar-refractivity contribution in [1.82, 2.24) is 15.2 Å². The van der Waals surface area contributed by atoms with Crippen LogP contribution in [0.2, 0.25) is 0 Å². The Kier molecular flexibility index (Phi) is 5.08. The summed E-state index contributed by atoms with van der Waals surface area (Å²) < 4.78 is 0. The summed E-state index contributed by atoms with van der Waals surface area (Å²) in [5, 5.41) is 15.0. The Morgan fingerprint density at radius 3 is 2.75 bits per heavy atom. The maximum Gasteiger partial charge on any atom is 0.306 e. The van der Waals surface area contributed by atoms with E-state index in [2.05, 4.69) is 10.3 Å². The summed E-state index contributed by atoms with van der Waals surface area (Å²) in [5.41, 5.74) is 0.949. The van der Waals surface area contributed by atoms with Crippen LogP contribution in [0.5, 0.6) is 0 Å². The predicted octanol–water partition coefficient (Wildman–Crippen LogP) is 0.864. The van der Waals surface area contributed by atoms with Crippen LogP contribution in [0.15, 0.2) is 5.38 Å². The number of thiazole rings is 1. The number of nitrogens with one attached hydrogen (secondary N) is 1. The summed E-state index contributed by atoms with van der Waals surface area (Å²) in [6.45, 7) is 3.88. The Labute approximate surface area is 121 Å². The third-order valence-corrected chi connectivity index (χ3v) is 4.27. The number of aromatic nitrogens is 1. The van der Waals surface area contributed by atoms with Crippen molar-refractivity contribution in [3.05, 3.63) is 16.1 Å². The van der Waals surface area contributed by atoms with Gasteiger partial charge in [0.2, 0.25) is 5.91 Å². The zero-order valence-corrected chi connectivity index (χ0v) is 12.3. The molecule has 0 radical (unpaired) electrons. The minimum atomic E-state index is -0.755. The van der Waals surface area contributed by atoms with E-state index >= 15 is 0 Å². The Hall–Kier alpha value is -1.47. The third kappa shape index (κ3) is 4.01. The zero-order valence-electron chi connectivity index (χ0n) is 11.5. The second kappa shape index (κ2) is 6.81. The lowest BCUT2D eigenvalue weighted by atomic mass is 9.97. The summed E-state index contributed by atoms with van der Waals surface area (Å²) >= 11 is 1.59. The van der Waals surface area contributed by atoms with Crippen molar-refractivity contribution in [2.24, 2.45) is 5.92 Å². The number of carbonyl (C=O) groups excluding carboxylic acids is 1. The first-order chi connectivity index (χ1) is 9.56. The molecule has 0 atom stereocenters. The van der Waals surface area contributed by atoms with E-state index in [1.165, 1.54) is 0 Å². The van der Waals surface area contributed by atoms with Gasteiger partial charge in [0.05, 0.1) is 23.2 Å². The van der Waals surface area contributed by atoms with Crippen molar-refractivity contribution >= 4 is 23.2 Å². The molecule has 0 aliphatic carbocycles. The second-order valence-corrected chi connectivity index (χ2v) is 6.02. The number of rotatable bonds is 5. The molecule has 1 aliphatic heterocycles. The maximum atomic E-state index is 12.0. The van der Waals surface area contributed by atoms with E-state index in [1.54, 1.807) is 16.2 Å². The SMILES string of the molecule is Cc1nc(CNCC(=O)N2CCC(C(=O)O)CC2)cs1. The molecule has 0 aromatic carbocycles. The fourth-order valence-electron chi connectivity index (χ4n) is 2.27. The second-order valence-electron chi connectivity index (χ2n) is 4.95. The van der Waals surface area contributed by atoms with Gasteiger partial charge in [0, 0.05) is 25.0 Å². The standard InChI is InChI=1S/C13H19N3O3S/c1-9-15-11(8-20-9)6-14-7-12(17)16-4-2-10(3-5-16)13(18)19/h8,10,14H,2-7H2,1H3,(H,18,19). The lowest BCUT2D eigenvalue weighted by molar-refractivity contribution is -0.145. The van der Waals surface area contributed by atoms with Crippen LogP contribution in [-0.4, -0.2) is 46.5 Å². The van der Waals surface area contributed by atoms with Crippen LogP contribution in [0.25, 0.3) is 0 Å². The lowest BCUT2D eigenvalue weighted by Crippen LogP contribution is -2.44. The average Bonchev–Trinajstić information content (AvgIpc) is 2.84. The molecule has 0 spiro atoms. The van der Waals surface area contributed by atoms with E-state index < -0.39 is 5.97 Å². The molecule has 1 saturated heterocycles. The summed E-state index contributed by atoms with van der Waals surface area (Å²) in [4.78, 5) is 28.9. The molecule has 2 N–H and O–H groups in total. The van der Waals surface area contributed by atoms with Gasteiger partial charge in [-0.05, 0) is 19.8 Å². The Balaban J connectivity index is 1.69. The smallest absolute Gasteiger partial charge is 0.306 e. The molecule has 1 aromatic rings. The molecule has 0 bridgehead atoms. The average molecular weight is 297 g/mol. The van der Waals surface area contributed by atoms with Crippen molar-refractivity contribution in [1.29, 1.82) is 0 Å². The summed E-state index contributed by atoms with van der Waals surface area (Å²) in [5.74, 6) is -1.03. The fraction of sp³-hybridized carbons (Fsp3) is 0.615. The number of aryl methyl sites for hydroxylation is 1. The lowest BCUT2D eigenvalue weighted by Gasteiger charge is -2.30. The Morgan fingerprint density at radius 1 is 1.50 bits per heavy atom. The quantitative estimate of drug-likeness (QED) is 0.842. The van der Waals surface area contributed by atoms with Crippen LogP contribution >= 0.6 is 11.3 Å². The van der Waals surface area contributed by atoms with Gasteiger partial charge in [0.1, 0.15) is 0 Å². The van der Waals surface area contributed by atoms with E-state index in [0.717, 1.165) is 10.7 Å². The molecular weight excluding hydrogens is 278 g/mol. The van der Waals surface area contributed by atoms with Crippen molar-refractivity contribution in [3.63, 3.8) is 0 Å². The molecule has 1 fully saturated rings. The van der Waals surface area contributed by atoms with Crippen LogP contribution in [-0.2, 0) is 16.1 Å². The van der Waals surface area contributed by atoms with Gasteiger partial charge >= 0.3 is 5.97 Å². The summed E-state index contributed by atoms with van der Waals surface area (Å²) in [6, 6.07) is 0. The minimum absolute atomic E-state index is 0.0285. The first kappa shape index (κ1) is 14.9. The molecule has 2 rings (SSSR count). The summed E-state index contributed by atoms with van der Waals surface area (Å²) in [7, 11) is 0. The predicted molar refractivity (Wildman–Crippen MR) is 75.5 cm³/mol. The Morgan fingerprint density at radius 2 is 2.20 bits per heavy atom. The number of hydrogen-bond acceptors (Lipinski definition) is 5. The molecule has 2 heterocycles. The van der Waals surface area contributed by atoms with Gasteiger partial charge in [-0.1, -0.05) is 0 Å². The van der Waals surface area contributed by atoms with Gasteiger partial charge < -0.3 is 15.3 Å². The van der Waals surface area contributed by atoms with Gasteiger partial charge in [-0.3, -0.25) is 9.59 Å². The number of piperidine rings is 1. The number of likely N-dealkylation sites (tertiary alicyclic amines) is 1. The van der Waals surface area contributed by atoms with Crippen LogP contribution < -0.4 is 5.32 Å². The first-order valence-electron chi connectivity index (χ1n) is 6.68. The highest BCUT2D eigenvalue weighted by Crippen LogP contribution is 2.17. The van der Waals surface area contributed by atoms with Crippen LogP contribution in [0, 0.1) is 12.8 Å². The van der Waals surface area contributed by atoms with Crippen molar-refractivity contribution in [2.45, 2.75) is 26.3 Å². The fourth-order valence-corrected chi connectivity index (χ4v) is 2.89. The number of hydrogen-bond donors (Lipinski definition) is 2. The van der Waals surface area contributed by atoms with Crippen molar-refractivity contribution < 1.29 is 14.7 Å². The summed E-state index contributed by atoms with van der Waals surface area (Å²) in [6.07, 6.45) is 1.10. The first-order valence-corrected chi connectivity index (χ1v) is 7.56. The van der Waals surface area contributed by atoms with E-state index in [1.807, 2.05) is 12.3 Å². The molecule has 0 saturated carbocycles. The third-order valence-electron chi connectivity index (χ3n) is 3.45. The number of amides is 1. The molecule has 1 amide bonds. The molecule has 1 aromatic heterocycles. The van der Waals surface area contributed by atoms with E-state index in [4.69, 9.17) is 5.11 Å². The molecule has 6 nitrogen and oxygen atoms in total. The Bertz CT molecular complexity index is 481. The van der Waals surface area contributed by atoms with Crippen LogP contribution in [0.1, 0.15) is 23.5 Å². The van der Waals surface area contributed by atoms with Crippen molar-refractivity contribution in [2.75, 3.05) is 19.6 Å². The minimum Gasteiger partial charge on any atom is -0.481 e. The molecule has 1 aliphatic rings. The molecule has 20 heavy (non-hydrogen) atoms. The topological polar surface area (TPSA) is 82.5 Å². The number of carboxylic acids is 1. The van der Waals surface area contributed by atoms with E-state index in [0.29, 0.717) is 32.5 Å². The van der Waals surface area contributed by atoms with Gasteiger partial charge in [0.25, 0.3) is 0 Å². The molecule has 0 unspecified atom stereocenters. The molecule has 7 heteroatoms. The number of carbonyl (C=O) groups is 2. The highest BCUT2D eigenvalue weighted by atomic mass is 32.1. The van der Waals surface area contributed by atoms with Crippen LogP contribution in [0.4, 0.5) is 0 Å². The molecular formula is C13H19N3O3S. The van der Waals surface area contributed by atoms with Crippen LogP contribution in [0.3, 0.4) is 0 Å². The molecule has 110 valence electrons.